The van der Waals surface area contributed by atoms with Crippen molar-refractivity contribution < 1.29 is 37.4 Å². The van der Waals surface area contributed by atoms with Gasteiger partial charge in [0.25, 0.3) is 5.91 Å². The second kappa shape index (κ2) is 7.00. The lowest BCUT2D eigenvalue weighted by molar-refractivity contribution is -0.375. The molecule has 26 heavy (non-hydrogen) atoms. The predicted molar refractivity (Wildman–Crippen MR) is 82.9 cm³/mol. The molecule has 0 saturated carbocycles. The molecule has 1 aromatic rings. The Balaban J connectivity index is 1.74. The minimum Gasteiger partial charge on any atom is -0.356 e. The molecule has 1 aromatic heterocycles. The van der Waals surface area contributed by atoms with Crippen molar-refractivity contribution in [2.45, 2.75) is 6.04 Å². The fraction of sp³-hybridized carbons (Fsp3) is 0.417. The van der Waals surface area contributed by atoms with Crippen LogP contribution < -0.4 is 11.2 Å². The number of nitrogens with zero attached hydrogens (tertiary/aromatic N) is 4. The molecule has 142 valence electrons. The Labute approximate surface area is 147 Å². The molecule has 0 aromatic carbocycles. The first kappa shape index (κ1) is 18.3. The number of urea groups is 1. The Bertz CT molecular complexity index is 850. The SMILES string of the molecule is [NH3+]CCONC(=O)c1cnn(C2=CC3CN(C2)C(=O)N3OS(=O)(=O)O)c1. The van der Waals surface area contributed by atoms with Gasteiger partial charge in [-0.05, 0) is 6.08 Å². The fourth-order valence-corrected chi connectivity index (χ4v) is 2.94. The average molecular weight is 389 g/mol. The molecule has 3 rings (SSSR count). The van der Waals surface area contributed by atoms with Crippen molar-refractivity contribution >= 4 is 28.0 Å². The molecule has 14 heteroatoms. The smallest absolute Gasteiger partial charge is 0.356 e. The summed E-state index contributed by atoms with van der Waals surface area (Å²) in [5.41, 5.74) is 6.59. The third-order valence-electron chi connectivity index (χ3n) is 3.63. The van der Waals surface area contributed by atoms with E-state index in [9.17, 15) is 18.0 Å². The molecule has 2 aliphatic rings. The van der Waals surface area contributed by atoms with Gasteiger partial charge in [0, 0.05) is 12.7 Å². The highest BCUT2D eigenvalue weighted by molar-refractivity contribution is 7.80. The van der Waals surface area contributed by atoms with E-state index in [1.54, 1.807) is 6.08 Å². The van der Waals surface area contributed by atoms with E-state index in [1.807, 2.05) is 0 Å². The van der Waals surface area contributed by atoms with E-state index >= 15 is 0 Å². The lowest BCUT2D eigenvalue weighted by Crippen LogP contribution is -2.53. The number of quaternary nitrogens is 1. The Morgan fingerprint density at radius 2 is 2.27 bits per heavy atom. The standard InChI is InChI=1S/C12H16N6O7S/c13-1-2-24-15-11(19)8-4-14-17(5-8)9-3-10-7-16(6-9)12(20)18(10)25-26(21,22)23/h3-5,10H,1-2,6-7,13H2,(H,15,19)(H,21,22,23)/p+1. The second-order valence-electron chi connectivity index (χ2n) is 5.52. The number of nitrogens with one attached hydrogen (secondary N) is 1. The average Bonchev–Trinajstić information content (AvgIpc) is 3.14. The van der Waals surface area contributed by atoms with Crippen LogP contribution in [0.1, 0.15) is 10.4 Å². The molecule has 0 radical (unpaired) electrons. The van der Waals surface area contributed by atoms with Crippen LogP contribution in [0.15, 0.2) is 18.5 Å². The summed E-state index contributed by atoms with van der Waals surface area (Å²) in [5.74, 6) is -0.489. The van der Waals surface area contributed by atoms with Crippen LogP contribution in [-0.2, 0) is 19.5 Å². The van der Waals surface area contributed by atoms with Gasteiger partial charge in [-0.1, -0.05) is 0 Å². The Morgan fingerprint density at radius 1 is 1.50 bits per heavy atom. The maximum atomic E-state index is 12.1. The highest BCUT2D eigenvalue weighted by Gasteiger charge is 2.43. The van der Waals surface area contributed by atoms with Crippen LogP contribution in [-0.4, -0.2) is 76.9 Å². The zero-order valence-corrected chi connectivity index (χ0v) is 14.3. The molecule has 1 atom stereocenters. The normalized spacial score (nSPS) is 19.7. The molecular weight excluding hydrogens is 372 g/mol. The molecule has 13 nitrogen and oxygen atoms in total. The van der Waals surface area contributed by atoms with E-state index in [0.717, 1.165) is 0 Å². The Kier molecular flexibility index (Phi) is 4.92. The van der Waals surface area contributed by atoms with Crippen LogP contribution in [0.5, 0.6) is 0 Å². The van der Waals surface area contributed by atoms with E-state index in [0.29, 0.717) is 17.3 Å². The quantitative estimate of drug-likeness (QED) is 0.260. The van der Waals surface area contributed by atoms with E-state index in [2.05, 4.69) is 20.6 Å². The van der Waals surface area contributed by atoms with E-state index in [4.69, 9.17) is 9.39 Å². The minimum absolute atomic E-state index is 0.126. The summed E-state index contributed by atoms with van der Waals surface area (Å²) in [7, 11) is -4.82. The second-order valence-corrected chi connectivity index (χ2v) is 6.53. The van der Waals surface area contributed by atoms with E-state index < -0.39 is 28.4 Å². The lowest BCUT2D eigenvalue weighted by atomic mass is 10.2. The number of carbonyl (C=O) groups is 2. The third-order valence-corrected chi connectivity index (χ3v) is 3.98. The van der Waals surface area contributed by atoms with E-state index in [1.165, 1.54) is 22.0 Å². The summed E-state index contributed by atoms with van der Waals surface area (Å²) in [6.07, 6.45) is 4.34. The minimum atomic E-state index is -4.82. The van der Waals surface area contributed by atoms with Crippen molar-refractivity contribution in [1.29, 1.82) is 0 Å². The molecule has 3 heterocycles. The van der Waals surface area contributed by atoms with Crippen molar-refractivity contribution in [1.82, 2.24) is 25.2 Å². The van der Waals surface area contributed by atoms with Gasteiger partial charge in [0.1, 0.15) is 19.2 Å². The Morgan fingerprint density at radius 3 is 2.96 bits per heavy atom. The lowest BCUT2D eigenvalue weighted by Gasteiger charge is -2.20. The number of hydrogen-bond donors (Lipinski definition) is 3. The highest BCUT2D eigenvalue weighted by Crippen LogP contribution is 2.27. The number of carbonyl (C=O) groups excluding carboxylic acids is 2. The monoisotopic (exact) mass is 389 g/mol. The largest absolute Gasteiger partial charge is 0.418 e. The topological polar surface area (TPSA) is 171 Å². The summed E-state index contributed by atoms with van der Waals surface area (Å²) in [5, 5.41) is 4.64. The zero-order valence-electron chi connectivity index (χ0n) is 13.4. The van der Waals surface area contributed by atoms with Crippen molar-refractivity contribution in [3.63, 3.8) is 0 Å². The number of aromatic nitrogens is 2. The molecule has 2 bridgehead atoms. The molecule has 5 N–H and O–H groups in total. The first-order valence-corrected chi connectivity index (χ1v) is 8.87. The summed E-state index contributed by atoms with van der Waals surface area (Å²) < 4.78 is 36.3. The number of hydrogen-bond acceptors (Lipinski definition) is 7. The van der Waals surface area contributed by atoms with Crippen LogP contribution >= 0.6 is 0 Å². The van der Waals surface area contributed by atoms with Gasteiger partial charge in [-0.2, -0.15) is 18.6 Å². The van der Waals surface area contributed by atoms with Gasteiger partial charge in [-0.25, -0.2) is 15.0 Å². The number of amides is 3. The van der Waals surface area contributed by atoms with Crippen LogP contribution in [0.2, 0.25) is 0 Å². The number of hydroxylamine groups is 3. The molecule has 2 aliphatic heterocycles. The van der Waals surface area contributed by atoms with Gasteiger partial charge < -0.3 is 10.6 Å². The third kappa shape index (κ3) is 3.83. The van der Waals surface area contributed by atoms with Crippen LogP contribution in [0.4, 0.5) is 4.79 Å². The summed E-state index contributed by atoms with van der Waals surface area (Å²) >= 11 is 0. The Hall–Kier alpha value is -2.52. The fourth-order valence-electron chi connectivity index (χ4n) is 2.56. The first-order chi connectivity index (χ1) is 12.3. The van der Waals surface area contributed by atoms with Crippen molar-refractivity contribution in [3.05, 3.63) is 24.0 Å². The first-order valence-electron chi connectivity index (χ1n) is 7.51. The van der Waals surface area contributed by atoms with Gasteiger partial charge in [0.05, 0.1) is 24.0 Å². The van der Waals surface area contributed by atoms with E-state index in [-0.39, 0.29) is 25.3 Å². The molecule has 1 saturated heterocycles. The van der Waals surface area contributed by atoms with Crippen molar-refractivity contribution in [2.75, 3.05) is 26.2 Å². The summed E-state index contributed by atoms with van der Waals surface area (Å²) in [6.45, 7) is 1.10. The van der Waals surface area contributed by atoms with Crippen molar-refractivity contribution in [2.24, 2.45) is 0 Å². The van der Waals surface area contributed by atoms with Crippen LogP contribution in [0.25, 0.3) is 5.70 Å². The molecule has 3 amide bonds. The maximum Gasteiger partial charge on any atom is 0.418 e. The molecule has 1 fully saturated rings. The predicted octanol–water partition coefficient (Wildman–Crippen LogP) is -2.52. The molecule has 0 aliphatic carbocycles. The maximum absolute atomic E-state index is 12.1. The highest BCUT2D eigenvalue weighted by atomic mass is 32.3. The van der Waals surface area contributed by atoms with Gasteiger partial charge in [0.2, 0.25) is 0 Å². The summed E-state index contributed by atoms with van der Waals surface area (Å²) in [4.78, 5) is 30.2. The number of rotatable bonds is 7. The van der Waals surface area contributed by atoms with Gasteiger partial charge in [0.15, 0.2) is 0 Å². The molecule has 1 unspecified atom stereocenters. The van der Waals surface area contributed by atoms with Gasteiger partial charge >= 0.3 is 16.4 Å². The van der Waals surface area contributed by atoms with Crippen molar-refractivity contribution in [3.8, 4) is 0 Å². The van der Waals surface area contributed by atoms with Crippen LogP contribution in [0, 0.1) is 0 Å². The van der Waals surface area contributed by atoms with Gasteiger partial charge in [-0.15, -0.1) is 4.28 Å². The molecule has 0 spiro atoms. The van der Waals surface area contributed by atoms with Crippen LogP contribution in [0.3, 0.4) is 0 Å². The summed E-state index contributed by atoms with van der Waals surface area (Å²) in [6, 6.07) is -1.43. The van der Waals surface area contributed by atoms with Gasteiger partial charge in [-0.3, -0.25) is 14.2 Å². The number of fused-ring (bicyclic) bond motifs is 2. The molecular formula is C12H17N6O7S+. The zero-order chi connectivity index (χ0) is 18.9.